The topological polar surface area (TPSA) is 88.5 Å². The normalized spacial score (nSPS) is 25.5. The largest absolute Gasteiger partial charge is 0.481 e. The Balaban J connectivity index is 1.49. The maximum Gasteiger partial charge on any atom is 0.310 e. The molecule has 2 aromatic rings. The second-order valence-corrected chi connectivity index (χ2v) is 9.59. The molecule has 0 unspecified atom stereocenters. The van der Waals surface area contributed by atoms with Gasteiger partial charge in [0.25, 0.3) is 0 Å². The molecule has 2 aliphatic rings. The van der Waals surface area contributed by atoms with Crippen molar-refractivity contribution < 1.29 is 19.4 Å². The highest BCUT2D eigenvalue weighted by molar-refractivity contribution is 7.16. The Morgan fingerprint density at radius 2 is 1.86 bits per heavy atom. The van der Waals surface area contributed by atoms with Crippen molar-refractivity contribution in [2.24, 2.45) is 17.8 Å². The molecule has 0 spiro atoms. The molecule has 4 atom stereocenters. The van der Waals surface area contributed by atoms with Crippen LogP contribution in [0, 0.1) is 24.7 Å². The highest BCUT2D eigenvalue weighted by Gasteiger charge is 2.55. The van der Waals surface area contributed by atoms with Crippen molar-refractivity contribution in [3.8, 4) is 11.3 Å². The van der Waals surface area contributed by atoms with Gasteiger partial charge >= 0.3 is 5.97 Å². The molecular formula is C22H26N2O4S. The van der Waals surface area contributed by atoms with Crippen LogP contribution in [0.5, 0.6) is 0 Å². The fourth-order valence-corrected chi connectivity index (χ4v) is 5.34. The summed E-state index contributed by atoms with van der Waals surface area (Å²) in [4.78, 5) is 30.1. The molecule has 2 bridgehead atoms. The van der Waals surface area contributed by atoms with Crippen LogP contribution in [0.15, 0.2) is 24.3 Å². The van der Waals surface area contributed by atoms with Crippen LogP contribution in [0.3, 0.4) is 0 Å². The van der Waals surface area contributed by atoms with Gasteiger partial charge in [-0.3, -0.25) is 9.59 Å². The zero-order chi connectivity index (χ0) is 20.7. The zero-order valence-corrected chi connectivity index (χ0v) is 17.7. The van der Waals surface area contributed by atoms with Crippen LogP contribution < -0.4 is 5.32 Å². The maximum atomic E-state index is 12.8. The highest BCUT2D eigenvalue weighted by Crippen LogP contribution is 2.44. The lowest BCUT2D eigenvalue weighted by Crippen LogP contribution is -2.40. The van der Waals surface area contributed by atoms with Crippen molar-refractivity contribution in [1.29, 1.82) is 0 Å². The molecule has 6 nitrogen and oxygen atoms in total. The molecule has 1 amide bonds. The molecule has 1 aromatic heterocycles. The predicted octanol–water partition coefficient (Wildman–Crippen LogP) is 4.13. The Labute approximate surface area is 174 Å². The standard InChI is InChI=1S/C22H26N2O4S/c1-11(2)10-13-4-6-14(7-5-13)19-12(3)29-22(23-19)24-20(25)17-15-8-9-16(28-15)18(17)21(26)27/h4-7,11,15-18H,8-10H2,1-3H3,(H,26,27)(H,23,24,25)/t15-,16-,17+,18-/m0/s1. The van der Waals surface area contributed by atoms with Crippen molar-refractivity contribution >= 4 is 28.3 Å². The zero-order valence-electron chi connectivity index (χ0n) is 16.8. The van der Waals surface area contributed by atoms with Gasteiger partial charge in [0.1, 0.15) is 0 Å². The van der Waals surface area contributed by atoms with Crippen LogP contribution in [0.25, 0.3) is 11.3 Å². The first kappa shape index (κ1) is 20.0. The molecule has 0 aliphatic carbocycles. The third kappa shape index (κ3) is 3.94. The van der Waals surface area contributed by atoms with Crippen molar-refractivity contribution in [1.82, 2.24) is 4.98 Å². The summed E-state index contributed by atoms with van der Waals surface area (Å²) in [6, 6.07) is 8.37. The first-order valence-electron chi connectivity index (χ1n) is 10.1. The molecule has 3 heterocycles. The summed E-state index contributed by atoms with van der Waals surface area (Å²) >= 11 is 1.41. The van der Waals surface area contributed by atoms with E-state index in [1.165, 1.54) is 16.9 Å². The lowest BCUT2D eigenvalue weighted by atomic mass is 9.79. The number of anilines is 1. The number of rotatable bonds is 6. The summed E-state index contributed by atoms with van der Waals surface area (Å²) in [7, 11) is 0. The summed E-state index contributed by atoms with van der Waals surface area (Å²) in [5, 5.41) is 12.9. The average Bonchev–Trinajstić information content (AvgIpc) is 3.36. The molecule has 4 rings (SSSR count). The first-order chi connectivity index (χ1) is 13.8. The van der Waals surface area contributed by atoms with Crippen molar-refractivity contribution in [2.45, 2.75) is 52.2 Å². The molecular weight excluding hydrogens is 388 g/mol. The molecule has 0 saturated carbocycles. The number of fused-ring (bicyclic) bond motifs is 2. The summed E-state index contributed by atoms with van der Waals surface area (Å²) in [6.45, 7) is 6.37. The van der Waals surface area contributed by atoms with E-state index in [4.69, 9.17) is 4.74 Å². The minimum atomic E-state index is -0.963. The molecule has 2 N–H and O–H groups in total. The van der Waals surface area contributed by atoms with Gasteiger partial charge in [0.15, 0.2) is 5.13 Å². The van der Waals surface area contributed by atoms with E-state index in [9.17, 15) is 14.7 Å². The van der Waals surface area contributed by atoms with Crippen molar-refractivity contribution in [3.05, 3.63) is 34.7 Å². The van der Waals surface area contributed by atoms with Crippen LogP contribution in [0.2, 0.25) is 0 Å². The van der Waals surface area contributed by atoms with Gasteiger partial charge in [-0.05, 0) is 37.7 Å². The number of nitrogens with zero attached hydrogens (tertiary/aromatic N) is 1. The van der Waals surface area contributed by atoms with E-state index in [0.717, 1.165) is 29.0 Å². The van der Waals surface area contributed by atoms with E-state index in [1.54, 1.807) is 0 Å². The SMILES string of the molecule is Cc1sc(NC(=O)[C@H]2[C@@H](C(=O)O)[C@@H]3CC[C@@H]2O3)nc1-c1ccc(CC(C)C)cc1. The Morgan fingerprint density at radius 3 is 2.48 bits per heavy atom. The molecule has 0 radical (unpaired) electrons. The van der Waals surface area contributed by atoms with Gasteiger partial charge in [-0.15, -0.1) is 11.3 Å². The minimum Gasteiger partial charge on any atom is -0.481 e. The van der Waals surface area contributed by atoms with Gasteiger partial charge in [-0.25, -0.2) is 4.98 Å². The highest BCUT2D eigenvalue weighted by atomic mass is 32.1. The van der Waals surface area contributed by atoms with Crippen molar-refractivity contribution in [2.75, 3.05) is 5.32 Å². The third-order valence-electron chi connectivity index (χ3n) is 5.76. The number of aliphatic carboxylic acids is 1. The molecule has 2 fully saturated rings. The number of aryl methyl sites for hydroxylation is 1. The van der Waals surface area contributed by atoms with Crippen LogP contribution in [0.4, 0.5) is 5.13 Å². The number of hydrogen-bond acceptors (Lipinski definition) is 5. The van der Waals surface area contributed by atoms with Gasteiger partial charge in [-0.1, -0.05) is 38.1 Å². The van der Waals surface area contributed by atoms with Crippen molar-refractivity contribution in [3.63, 3.8) is 0 Å². The maximum absolute atomic E-state index is 12.8. The number of amides is 1. The smallest absolute Gasteiger partial charge is 0.310 e. The Kier molecular flexibility index (Phi) is 5.44. The average molecular weight is 415 g/mol. The van der Waals surface area contributed by atoms with Crippen LogP contribution in [0.1, 0.15) is 37.1 Å². The number of ether oxygens (including phenoxy) is 1. The first-order valence-corrected chi connectivity index (χ1v) is 10.9. The van der Waals surface area contributed by atoms with Gasteiger partial charge < -0.3 is 15.2 Å². The number of carbonyl (C=O) groups excluding carboxylic acids is 1. The Morgan fingerprint density at radius 1 is 1.21 bits per heavy atom. The number of carboxylic acids is 1. The third-order valence-corrected chi connectivity index (χ3v) is 6.65. The molecule has 2 saturated heterocycles. The Hall–Kier alpha value is -2.25. The monoisotopic (exact) mass is 414 g/mol. The van der Waals surface area contributed by atoms with Gasteiger partial charge in [-0.2, -0.15) is 0 Å². The lowest BCUT2D eigenvalue weighted by Gasteiger charge is -2.23. The molecule has 7 heteroatoms. The van der Waals surface area contributed by atoms with E-state index in [1.807, 2.05) is 6.92 Å². The lowest BCUT2D eigenvalue weighted by molar-refractivity contribution is -0.147. The predicted molar refractivity (Wildman–Crippen MR) is 112 cm³/mol. The number of benzene rings is 1. The van der Waals surface area contributed by atoms with Gasteiger partial charge in [0.05, 0.1) is 29.7 Å². The fourth-order valence-electron chi connectivity index (χ4n) is 4.50. The second kappa shape index (κ2) is 7.88. The quantitative estimate of drug-likeness (QED) is 0.742. The number of hydrogen-bond donors (Lipinski definition) is 2. The summed E-state index contributed by atoms with van der Waals surface area (Å²) in [5.74, 6) is -2.10. The fraction of sp³-hybridized carbons (Fsp3) is 0.500. The van der Waals surface area contributed by atoms with E-state index in [-0.39, 0.29) is 18.1 Å². The van der Waals surface area contributed by atoms with Gasteiger partial charge in [0, 0.05) is 10.4 Å². The van der Waals surface area contributed by atoms with Crippen LogP contribution in [-0.4, -0.2) is 34.2 Å². The Bertz CT molecular complexity index is 921. The second-order valence-electron chi connectivity index (χ2n) is 8.39. The molecule has 154 valence electrons. The van der Waals surface area contributed by atoms with Gasteiger partial charge in [0.2, 0.25) is 5.91 Å². The minimum absolute atomic E-state index is 0.308. The number of aromatic nitrogens is 1. The van der Waals surface area contributed by atoms with Crippen LogP contribution >= 0.6 is 11.3 Å². The number of carboxylic acid groups (broad SMARTS) is 1. The number of thiazole rings is 1. The molecule has 1 aromatic carbocycles. The van der Waals surface area contributed by atoms with E-state index < -0.39 is 17.8 Å². The van der Waals surface area contributed by atoms with Crippen LogP contribution in [-0.2, 0) is 20.7 Å². The molecule has 2 aliphatic heterocycles. The van der Waals surface area contributed by atoms with E-state index >= 15 is 0 Å². The number of carbonyl (C=O) groups is 2. The summed E-state index contributed by atoms with van der Waals surface area (Å²) in [5.41, 5.74) is 3.15. The number of nitrogens with one attached hydrogen (secondary N) is 1. The van der Waals surface area contributed by atoms with E-state index in [0.29, 0.717) is 17.5 Å². The summed E-state index contributed by atoms with van der Waals surface area (Å²) < 4.78 is 5.70. The molecule has 29 heavy (non-hydrogen) atoms. The van der Waals surface area contributed by atoms with E-state index in [2.05, 4.69) is 48.4 Å². The summed E-state index contributed by atoms with van der Waals surface area (Å²) in [6.07, 6.45) is 1.81.